The maximum Gasteiger partial charge on any atom is 0.146 e. The van der Waals surface area contributed by atoms with Crippen molar-refractivity contribution in [2.24, 2.45) is 5.73 Å². The molecular formula is C15H23ClFN3. The summed E-state index contributed by atoms with van der Waals surface area (Å²) >= 11 is 5.89. The lowest BCUT2D eigenvalue weighted by Crippen LogP contribution is -2.58. The molecule has 112 valence electrons. The number of benzene rings is 1. The lowest BCUT2D eigenvalue weighted by Gasteiger charge is -2.48. The largest absolute Gasteiger partial charge is 0.329 e. The summed E-state index contributed by atoms with van der Waals surface area (Å²) in [5.41, 5.74) is 6.57. The van der Waals surface area contributed by atoms with Crippen molar-refractivity contribution in [1.82, 2.24) is 9.80 Å². The minimum Gasteiger partial charge on any atom is -0.329 e. The SMILES string of the molecule is CN1CCN(C(CN)c2cccc(Cl)c2F)CC1(C)C. The number of rotatable bonds is 3. The molecule has 20 heavy (non-hydrogen) atoms. The average molecular weight is 300 g/mol. The summed E-state index contributed by atoms with van der Waals surface area (Å²) in [5.74, 6) is -0.346. The average Bonchev–Trinajstić information content (AvgIpc) is 2.39. The highest BCUT2D eigenvalue weighted by molar-refractivity contribution is 6.30. The molecule has 0 amide bonds. The first-order chi connectivity index (χ1) is 9.36. The second kappa shape index (κ2) is 5.98. The van der Waals surface area contributed by atoms with Gasteiger partial charge in [0.15, 0.2) is 0 Å². The summed E-state index contributed by atoms with van der Waals surface area (Å²) < 4.78 is 14.2. The molecule has 0 aromatic heterocycles. The van der Waals surface area contributed by atoms with E-state index in [1.807, 2.05) is 0 Å². The van der Waals surface area contributed by atoms with Crippen LogP contribution in [0.15, 0.2) is 18.2 Å². The normalized spacial score (nSPS) is 21.9. The Morgan fingerprint density at radius 2 is 2.10 bits per heavy atom. The van der Waals surface area contributed by atoms with Crippen LogP contribution >= 0.6 is 11.6 Å². The molecule has 2 rings (SSSR count). The minimum absolute atomic E-state index is 0.0563. The summed E-state index contributed by atoms with van der Waals surface area (Å²) in [6, 6.07) is 5.01. The summed E-state index contributed by atoms with van der Waals surface area (Å²) in [6.07, 6.45) is 0. The van der Waals surface area contributed by atoms with Crippen LogP contribution in [0.2, 0.25) is 5.02 Å². The molecule has 1 aliphatic rings. The molecule has 3 nitrogen and oxygen atoms in total. The van der Waals surface area contributed by atoms with Crippen molar-refractivity contribution in [1.29, 1.82) is 0 Å². The number of hydrogen-bond donors (Lipinski definition) is 1. The fourth-order valence-electron chi connectivity index (χ4n) is 2.79. The highest BCUT2D eigenvalue weighted by atomic mass is 35.5. The number of halogens is 2. The molecule has 5 heteroatoms. The topological polar surface area (TPSA) is 32.5 Å². The predicted molar refractivity (Wildman–Crippen MR) is 81.5 cm³/mol. The van der Waals surface area contributed by atoms with E-state index in [2.05, 4.69) is 30.7 Å². The highest BCUT2D eigenvalue weighted by Crippen LogP contribution is 2.30. The van der Waals surface area contributed by atoms with Crippen LogP contribution in [0.3, 0.4) is 0 Å². The number of nitrogens with two attached hydrogens (primary N) is 1. The van der Waals surface area contributed by atoms with Gasteiger partial charge in [0.1, 0.15) is 5.82 Å². The quantitative estimate of drug-likeness (QED) is 0.931. The molecular weight excluding hydrogens is 277 g/mol. The number of nitrogens with zero attached hydrogens (tertiary/aromatic N) is 2. The van der Waals surface area contributed by atoms with E-state index >= 15 is 0 Å². The van der Waals surface area contributed by atoms with Gasteiger partial charge in [0.2, 0.25) is 0 Å². The van der Waals surface area contributed by atoms with E-state index in [4.69, 9.17) is 17.3 Å². The Hall–Kier alpha value is -0.680. The lowest BCUT2D eigenvalue weighted by atomic mass is 9.96. The number of likely N-dealkylation sites (N-methyl/N-ethyl adjacent to an activating group) is 1. The summed E-state index contributed by atoms with van der Waals surface area (Å²) in [6.45, 7) is 7.47. The Bertz CT molecular complexity index is 478. The van der Waals surface area contributed by atoms with E-state index < -0.39 is 0 Å². The molecule has 0 bridgehead atoms. The molecule has 2 N–H and O–H groups in total. The molecule has 1 heterocycles. The molecule has 1 aromatic carbocycles. The van der Waals surface area contributed by atoms with Gasteiger partial charge in [0.05, 0.1) is 11.1 Å². The molecule has 1 aromatic rings. The van der Waals surface area contributed by atoms with Crippen molar-refractivity contribution < 1.29 is 4.39 Å². The van der Waals surface area contributed by atoms with Crippen LogP contribution in [-0.4, -0.2) is 48.6 Å². The molecule has 1 saturated heterocycles. The van der Waals surface area contributed by atoms with Gasteiger partial charge in [-0.1, -0.05) is 23.7 Å². The van der Waals surface area contributed by atoms with Crippen molar-refractivity contribution in [2.45, 2.75) is 25.4 Å². The fourth-order valence-corrected chi connectivity index (χ4v) is 2.98. The zero-order valence-electron chi connectivity index (χ0n) is 12.4. The molecule has 0 saturated carbocycles. The van der Waals surface area contributed by atoms with Gasteiger partial charge in [-0.3, -0.25) is 9.80 Å². The highest BCUT2D eigenvalue weighted by Gasteiger charge is 2.35. The van der Waals surface area contributed by atoms with Crippen LogP contribution in [0.25, 0.3) is 0 Å². The van der Waals surface area contributed by atoms with Crippen molar-refractivity contribution >= 4 is 11.6 Å². The monoisotopic (exact) mass is 299 g/mol. The van der Waals surface area contributed by atoms with Crippen LogP contribution in [0.4, 0.5) is 4.39 Å². The summed E-state index contributed by atoms with van der Waals surface area (Å²) in [5, 5.41) is 0.161. The molecule has 0 spiro atoms. The first-order valence-corrected chi connectivity index (χ1v) is 7.34. The van der Waals surface area contributed by atoms with E-state index in [0.717, 1.165) is 19.6 Å². The third-order valence-electron chi connectivity index (χ3n) is 4.35. The van der Waals surface area contributed by atoms with Crippen molar-refractivity contribution in [2.75, 3.05) is 33.2 Å². The van der Waals surface area contributed by atoms with Gasteiger partial charge in [-0.05, 0) is 27.0 Å². The minimum atomic E-state index is -0.346. The Morgan fingerprint density at radius 3 is 2.70 bits per heavy atom. The van der Waals surface area contributed by atoms with E-state index in [-0.39, 0.29) is 22.4 Å². The van der Waals surface area contributed by atoms with Gasteiger partial charge in [0.25, 0.3) is 0 Å². The summed E-state index contributed by atoms with van der Waals surface area (Å²) in [7, 11) is 2.12. The standard InChI is InChI=1S/C15H23ClFN3/c1-15(2)10-20(8-7-19(15)3)13(9-18)11-5-4-6-12(16)14(11)17/h4-6,13H,7-10,18H2,1-3H3. The predicted octanol–water partition coefficient (Wildman–Crippen LogP) is 2.50. The first-order valence-electron chi connectivity index (χ1n) is 6.96. The fraction of sp³-hybridized carbons (Fsp3) is 0.600. The van der Waals surface area contributed by atoms with Crippen LogP contribution in [0.5, 0.6) is 0 Å². The van der Waals surface area contributed by atoms with Crippen molar-refractivity contribution in [3.8, 4) is 0 Å². The molecule has 1 fully saturated rings. The first kappa shape index (κ1) is 15.7. The molecule has 1 aliphatic heterocycles. The Labute approximate surface area is 125 Å². The van der Waals surface area contributed by atoms with Crippen molar-refractivity contribution in [3.05, 3.63) is 34.6 Å². The maximum atomic E-state index is 14.2. The van der Waals surface area contributed by atoms with Gasteiger partial charge in [-0.15, -0.1) is 0 Å². The maximum absolute atomic E-state index is 14.2. The molecule has 1 unspecified atom stereocenters. The van der Waals surface area contributed by atoms with E-state index in [9.17, 15) is 4.39 Å². The van der Waals surface area contributed by atoms with Crippen LogP contribution < -0.4 is 5.73 Å². The van der Waals surface area contributed by atoms with Gasteiger partial charge in [-0.25, -0.2) is 4.39 Å². The summed E-state index contributed by atoms with van der Waals surface area (Å²) in [4.78, 5) is 4.58. The number of hydrogen-bond acceptors (Lipinski definition) is 3. The van der Waals surface area contributed by atoms with Crippen LogP contribution in [0, 0.1) is 5.82 Å². The van der Waals surface area contributed by atoms with Gasteiger partial charge >= 0.3 is 0 Å². The van der Waals surface area contributed by atoms with Crippen LogP contribution in [-0.2, 0) is 0 Å². The van der Waals surface area contributed by atoms with Gasteiger partial charge in [-0.2, -0.15) is 0 Å². The van der Waals surface area contributed by atoms with E-state index in [0.29, 0.717) is 12.1 Å². The van der Waals surface area contributed by atoms with Crippen LogP contribution in [0.1, 0.15) is 25.5 Å². The Kier molecular flexibility index (Phi) is 4.69. The molecule has 1 atom stereocenters. The van der Waals surface area contributed by atoms with Gasteiger partial charge < -0.3 is 5.73 Å². The smallest absolute Gasteiger partial charge is 0.146 e. The van der Waals surface area contributed by atoms with E-state index in [1.165, 1.54) is 0 Å². The molecule has 0 radical (unpaired) electrons. The third kappa shape index (κ3) is 2.98. The van der Waals surface area contributed by atoms with Gasteiger partial charge in [0, 0.05) is 37.3 Å². The number of piperazine rings is 1. The second-order valence-corrected chi connectivity index (χ2v) is 6.51. The lowest BCUT2D eigenvalue weighted by molar-refractivity contribution is 0.0173. The molecule has 0 aliphatic carbocycles. The zero-order valence-corrected chi connectivity index (χ0v) is 13.1. The van der Waals surface area contributed by atoms with Crippen molar-refractivity contribution in [3.63, 3.8) is 0 Å². The zero-order chi connectivity index (χ0) is 14.9. The third-order valence-corrected chi connectivity index (χ3v) is 4.64. The Morgan fingerprint density at radius 1 is 1.40 bits per heavy atom. The second-order valence-electron chi connectivity index (χ2n) is 6.10. The van der Waals surface area contributed by atoms with E-state index in [1.54, 1.807) is 18.2 Å². The Balaban J connectivity index is 2.27.